The van der Waals surface area contributed by atoms with Gasteiger partial charge in [-0.15, -0.1) is 0 Å². The molecule has 0 aliphatic rings. The standard InChI is InChI=1S/C25H25N3O3/c1-18(26-25(29)19-9-4-3-5-10-19)24-27-22-13-6-7-14-23(22)28(24)15-16-31-21-12-8-11-20(17-21)30-2/h3-14,17-18H,15-16H2,1-2H3,(H,26,29). The number of nitrogens with one attached hydrogen (secondary N) is 1. The number of nitrogens with zero attached hydrogens (tertiary/aromatic N) is 2. The first-order valence-corrected chi connectivity index (χ1v) is 10.2. The zero-order valence-electron chi connectivity index (χ0n) is 17.6. The van der Waals surface area contributed by atoms with E-state index in [0.29, 0.717) is 18.7 Å². The van der Waals surface area contributed by atoms with Gasteiger partial charge in [-0.1, -0.05) is 36.4 Å². The van der Waals surface area contributed by atoms with E-state index >= 15 is 0 Å². The number of imidazole rings is 1. The van der Waals surface area contributed by atoms with E-state index in [1.807, 2.05) is 73.7 Å². The number of rotatable bonds is 8. The number of ether oxygens (including phenoxy) is 2. The van der Waals surface area contributed by atoms with Crippen molar-refractivity contribution < 1.29 is 14.3 Å². The zero-order chi connectivity index (χ0) is 21.6. The molecule has 158 valence electrons. The summed E-state index contributed by atoms with van der Waals surface area (Å²) in [4.78, 5) is 17.4. The van der Waals surface area contributed by atoms with Gasteiger partial charge in [0.05, 0.1) is 30.7 Å². The van der Waals surface area contributed by atoms with Crippen LogP contribution in [0.4, 0.5) is 0 Å². The summed E-state index contributed by atoms with van der Waals surface area (Å²) in [5, 5.41) is 3.06. The molecule has 0 saturated carbocycles. The van der Waals surface area contributed by atoms with E-state index in [9.17, 15) is 4.79 Å². The van der Waals surface area contributed by atoms with Gasteiger partial charge in [0, 0.05) is 11.6 Å². The van der Waals surface area contributed by atoms with Crippen LogP contribution in [0, 0.1) is 0 Å². The third kappa shape index (κ3) is 4.69. The van der Waals surface area contributed by atoms with E-state index in [1.165, 1.54) is 0 Å². The molecule has 0 saturated heterocycles. The van der Waals surface area contributed by atoms with Gasteiger partial charge in [0.1, 0.15) is 23.9 Å². The van der Waals surface area contributed by atoms with Gasteiger partial charge in [-0.2, -0.15) is 0 Å². The van der Waals surface area contributed by atoms with Crippen LogP contribution in [-0.4, -0.2) is 29.2 Å². The van der Waals surface area contributed by atoms with E-state index in [-0.39, 0.29) is 11.9 Å². The lowest BCUT2D eigenvalue weighted by molar-refractivity contribution is 0.0937. The van der Waals surface area contributed by atoms with Gasteiger partial charge in [0.2, 0.25) is 0 Å². The van der Waals surface area contributed by atoms with Gasteiger partial charge >= 0.3 is 0 Å². The van der Waals surface area contributed by atoms with Crippen molar-refractivity contribution in [3.05, 3.63) is 90.3 Å². The molecule has 4 aromatic rings. The Morgan fingerprint density at radius 3 is 2.55 bits per heavy atom. The molecule has 1 aromatic heterocycles. The van der Waals surface area contributed by atoms with Gasteiger partial charge < -0.3 is 19.4 Å². The van der Waals surface area contributed by atoms with Crippen molar-refractivity contribution in [1.29, 1.82) is 0 Å². The highest BCUT2D eigenvalue weighted by Gasteiger charge is 2.19. The minimum absolute atomic E-state index is 0.126. The van der Waals surface area contributed by atoms with Crippen LogP contribution in [0.3, 0.4) is 0 Å². The Morgan fingerprint density at radius 1 is 1.00 bits per heavy atom. The SMILES string of the molecule is COc1cccc(OCCn2c(C(C)NC(=O)c3ccccc3)nc3ccccc32)c1. The first kappa shape index (κ1) is 20.5. The molecule has 31 heavy (non-hydrogen) atoms. The van der Waals surface area contributed by atoms with Crippen LogP contribution in [0.5, 0.6) is 11.5 Å². The Hall–Kier alpha value is -3.80. The molecule has 1 N–H and O–H groups in total. The molecule has 6 heteroatoms. The predicted molar refractivity (Wildman–Crippen MR) is 121 cm³/mol. The number of benzene rings is 3. The second-order valence-corrected chi connectivity index (χ2v) is 7.20. The van der Waals surface area contributed by atoms with E-state index in [0.717, 1.165) is 28.4 Å². The lowest BCUT2D eigenvalue weighted by atomic mass is 10.2. The van der Waals surface area contributed by atoms with Gasteiger partial charge in [-0.05, 0) is 43.3 Å². The number of aromatic nitrogens is 2. The maximum atomic E-state index is 12.6. The molecular weight excluding hydrogens is 390 g/mol. The van der Waals surface area contributed by atoms with Crippen molar-refractivity contribution in [3.8, 4) is 11.5 Å². The molecule has 6 nitrogen and oxygen atoms in total. The molecule has 1 heterocycles. The predicted octanol–water partition coefficient (Wildman–Crippen LogP) is 4.61. The van der Waals surface area contributed by atoms with Crippen LogP contribution in [0.2, 0.25) is 0 Å². The smallest absolute Gasteiger partial charge is 0.251 e. The molecule has 1 amide bonds. The highest BCUT2D eigenvalue weighted by molar-refractivity contribution is 5.94. The summed E-state index contributed by atoms with van der Waals surface area (Å²) in [6.07, 6.45) is 0. The minimum Gasteiger partial charge on any atom is -0.497 e. The molecular formula is C25H25N3O3. The van der Waals surface area contributed by atoms with Crippen LogP contribution < -0.4 is 14.8 Å². The summed E-state index contributed by atoms with van der Waals surface area (Å²) < 4.78 is 13.3. The Bertz CT molecular complexity index is 1170. The third-order valence-corrected chi connectivity index (χ3v) is 5.08. The third-order valence-electron chi connectivity index (χ3n) is 5.08. The maximum Gasteiger partial charge on any atom is 0.251 e. The second-order valence-electron chi connectivity index (χ2n) is 7.20. The number of para-hydroxylation sites is 2. The molecule has 4 rings (SSSR count). The average Bonchev–Trinajstić information content (AvgIpc) is 3.18. The van der Waals surface area contributed by atoms with Gasteiger partial charge in [0.25, 0.3) is 5.91 Å². The quantitative estimate of drug-likeness (QED) is 0.456. The monoisotopic (exact) mass is 415 g/mol. The molecule has 0 bridgehead atoms. The fraction of sp³-hybridized carbons (Fsp3) is 0.200. The number of hydrogen-bond acceptors (Lipinski definition) is 4. The molecule has 3 aromatic carbocycles. The normalized spacial score (nSPS) is 11.8. The Morgan fingerprint density at radius 2 is 1.74 bits per heavy atom. The number of hydrogen-bond donors (Lipinski definition) is 1. The highest BCUT2D eigenvalue weighted by atomic mass is 16.5. The van der Waals surface area contributed by atoms with Crippen LogP contribution >= 0.6 is 0 Å². The molecule has 0 fully saturated rings. The summed E-state index contributed by atoms with van der Waals surface area (Å²) in [5.74, 6) is 2.17. The lowest BCUT2D eigenvalue weighted by Crippen LogP contribution is -2.29. The summed E-state index contributed by atoms with van der Waals surface area (Å²) in [6, 6.07) is 24.4. The van der Waals surface area contributed by atoms with Crippen LogP contribution in [0.15, 0.2) is 78.9 Å². The molecule has 0 radical (unpaired) electrons. The fourth-order valence-corrected chi connectivity index (χ4v) is 3.54. The Kier molecular flexibility index (Phi) is 6.17. The van der Waals surface area contributed by atoms with Gasteiger partial charge in [-0.3, -0.25) is 4.79 Å². The summed E-state index contributed by atoms with van der Waals surface area (Å²) in [7, 11) is 1.63. The first-order valence-electron chi connectivity index (χ1n) is 10.2. The summed E-state index contributed by atoms with van der Waals surface area (Å²) in [6.45, 7) is 3.00. The van der Waals surface area contributed by atoms with E-state index in [4.69, 9.17) is 14.5 Å². The van der Waals surface area contributed by atoms with Crippen LogP contribution in [-0.2, 0) is 6.54 Å². The number of carbonyl (C=O) groups excluding carboxylic acids is 1. The van der Waals surface area contributed by atoms with Crippen molar-refractivity contribution >= 4 is 16.9 Å². The Labute approximate surface area is 181 Å². The summed E-state index contributed by atoms with van der Waals surface area (Å²) >= 11 is 0. The second kappa shape index (κ2) is 9.34. The minimum atomic E-state index is -0.267. The molecule has 0 aliphatic carbocycles. The molecule has 0 spiro atoms. The van der Waals surface area contributed by atoms with Crippen LogP contribution in [0.1, 0.15) is 29.1 Å². The fourth-order valence-electron chi connectivity index (χ4n) is 3.54. The zero-order valence-corrected chi connectivity index (χ0v) is 17.6. The molecule has 0 aliphatic heterocycles. The number of amides is 1. The molecule has 1 unspecified atom stereocenters. The molecule has 1 atom stereocenters. The number of carbonyl (C=O) groups is 1. The topological polar surface area (TPSA) is 65.4 Å². The highest BCUT2D eigenvalue weighted by Crippen LogP contribution is 2.22. The summed E-state index contributed by atoms with van der Waals surface area (Å²) in [5.41, 5.74) is 2.52. The van der Waals surface area contributed by atoms with Crippen molar-refractivity contribution in [2.24, 2.45) is 0 Å². The van der Waals surface area contributed by atoms with Crippen molar-refractivity contribution in [1.82, 2.24) is 14.9 Å². The van der Waals surface area contributed by atoms with E-state index in [2.05, 4.69) is 9.88 Å². The number of methoxy groups -OCH3 is 1. The van der Waals surface area contributed by atoms with E-state index in [1.54, 1.807) is 19.2 Å². The number of fused-ring (bicyclic) bond motifs is 1. The largest absolute Gasteiger partial charge is 0.497 e. The maximum absolute atomic E-state index is 12.6. The van der Waals surface area contributed by atoms with Gasteiger partial charge in [0.15, 0.2) is 0 Å². The van der Waals surface area contributed by atoms with Crippen LogP contribution in [0.25, 0.3) is 11.0 Å². The lowest BCUT2D eigenvalue weighted by Gasteiger charge is -2.17. The van der Waals surface area contributed by atoms with Crippen molar-refractivity contribution in [2.45, 2.75) is 19.5 Å². The average molecular weight is 415 g/mol. The van der Waals surface area contributed by atoms with Crippen molar-refractivity contribution in [2.75, 3.05) is 13.7 Å². The Balaban J connectivity index is 1.53. The first-order chi connectivity index (χ1) is 15.2. The van der Waals surface area contributed by atoms with Crippen molar-refractivity contribution in [3.63, 3.8) is 0 Å². The van der Waals surface area contributed by atoms with Gasteiger partial charge in [-0.25, -0.2) is 4.98 Å². The van der Waals surface area contributed by atoms with E-state index < -0.39 is 0 Å².